The molecule has 0 heterocycles. The van der Waals surface area contributed by atoms with Gasteiger partial charge in [0.25, 0.3) is 0 Å². The Kier molecular flexibility index (Phi) is 4.96. The molecule has 0 unspecified atom stereocenters. The molecule has 0 aliphatic rings. The van der Waals surface area contributed by atoms with E-state index >= 15 is 0 Å². The average Bonchev–Trinajstić information content (AvgIpc) is 2.45. The van der Waals surface area contributed by atoms with Gasteiger partial charge in [0.2, 0.25) is 0 Å². The Morgan fingerprint density at radius 3 is 2.40 bits per heavy atom. The van der Waals surface area contributed by atoms with Crippen LogP contribution in [0.15, 0.2) is 48.5 Å². The van der Waals surface area contributed by atoms with Crippen LogP contribution in [-0.4, -0.2) is 13.2 Å². The molecule has 106 valence electrons. The Morgan fingerprint density at radius 2 is 1.70 bits per heavy atom. The van der Waals surface area contributed by atoms with Crippen molar-refractivity contribution >= 4 is 0 Å². The smallest absolute Gasteiger partial charge is 0.165 e. The van der Waals surface area contributed by atoms with E-state index in [1.165, 1.54) is 6.07 Å². The number of para-hydroxylation sites is 2. The highest BCUT2D eigenvalue weighted by Crippen LogP contribution is 2.26. The third kappa shape index (κ3) is 3.71. The van der Waals surface area contributed by atoms with Crippen molar-refractivity contribution in [3.63, 3.8) is 0 Å². The Hall–Kier alpha value is -2.07. The highest BCUT2D eigenvalue weighted by atomic mass is 19.1. The molecule has 0 fully saturated rings. The summed E-state index contributed by atoms with van der Waals surface area (Å²) in [4.78, 5) is 0. The molecule has 20 heavy (non-hydrogen) atoms. The molecule has 0 amide bonds. The van der Waals surface area contributed by atoms with Gasteiger partial charge in [0.15, 0.2) is 11.6 Å². The molecule has 2 rings (SSSR count). The van der Waals surface area contributed by atoms with Crippen LogP contribution >= 0.6 is 0 Å². The topological polar surface area (TPSA) is 44.5 Å². The summed E-state index contributed by atoms with van der Waals surface area (Å²) in [7, 11) is 0. The maximum atomic E-state index is 13.7. The van der Waals surface area contributed by atoms with Crippen LogP contribution in [-0.2, 0) is 0 Å². The zero-order chi connectivity index (χ0) is 14.4. The summed E-state index contributed by atoms with van der Waals surface area (Å²) < 4.78 is 24.7. The first kappa shape index (κ1) is 14.3. The van der Waals surface area contributed by atoms with Crippen LogP contribution in [0.4, 0.5) is 4.39 Å². The number of hydrogen-bond acceptors (Lipinski definition) is 3. The average molecular weight is 275 g/mol. The summed E-state index contributed by atoms with van der Waals surface area (Å²) in [6, 6.07) is 13.9. The van der Waals surface area contributed by atoms with Crippen LogP contribution in [0.25, 0.3) is 0 Å². The molecular weight excluding hydrogens is 257 g/mol. The first-order chi connectivity index (χ1) is 9.68. The lowest BCUT2D eigenvalue weighted by molar-refractivity contribution is 0.209. The SMILES string of the molecule is C[C@H](N)c1cccc(F)c1OCCOc1ccccc1. The monoisotopic (exact) mass is 275 g/mol. The molecule has 3 nitrogen and oxygen atoms in total. The third-order valence-electron chi connectivity index (χ3n) is 2.83. The highest BCUT2D eigenvalue weighted by Gasteiger charge is 2.12. The quantitative estimate of drug-likeness (QED) is 0.823. The van der Waals surface area contributed by atoms with Gasteiger partial charge in [-0.2, -0.15) is 0 Å². The second kappa shape index (κ2) is 6.91. The molecule has 0 bridgehead atoms. The number of benzene rings is 2. The van der Waals surface area contributed by atoms with Gasteiger partial charge in [0.1, 0.15) is 19.0 Å². The Balaban J connectivity index is 1.91. The van der Waals surface area contributed by atoms with E-state index in [1.807, 2.05) is 30.3 Å². The van der Waals surface area contributed by atoms with Crippen LogP contribution < -0.4 is 15.2 Å². The lowest BCUT2D eigenvalue weighted by atomic mass is 10.1. The molecule has 1 atom stereocenters. The van der Waals surface area contributed by atoms with Gasteiger partial charge in [-0.15, -0.1) is 0 Å². The van der Waals surface area contributed by atoms with Crippen LogP contribution in [0.1, 0.15) is 18.5 Å². The van der Waals surface area contributed by atoms with Gasteiger partial charge in [-0.25, -0.2) is 4.39 Å². The minimum Gasteiger partial charge on any atom is -0.490 e. The summed E-state index contributed by atoms with van der Waals surface area (Å²) in [6.45, 7) is 2.40. The number of nitrogens with two attached hydrogens (primary N) is 1. The van der Waals surface area contributed by atoms with Gasteiger partial charge in [-0.1, -0.05) is 30.3 Å². The van der Waals surface area contributed by atoms with E-state index in [-0.39, 0.29) is 18.4 Å². The lowest BCUT2D eigenvalue weighted by Crippen LogP contribution is -2.13. The van der Waals surface area contributed by atoms with E-state index in [0.717, 1.165) is 5.75 Å². The summed E-state index contributed by atoms with van der Waals surface area (Å²) in [5.74, 6) is 0.565. The molecule has 2 N–H and O–H groups in total. The van der Waals surface area contributed by atoms with E-state index in [9.17, 15) is 4.39 Å². The Labute approximate surface area is 118 Å². The van der Waals surface area contributed by atoms with Gasteiger partial charge in [0.05, 0.1) is 0 Å². The van der Waals surface area contributed by atoms with Crippen LogP contribution in [0.2, 0.25) is 0 Å². The molecule has 2 aromatic rings. The van der Waals surface area contributed by atoms with Crippen molar-refractivity contribution in [1.82, 2.24) is 0 Å². The van der Waals surface area contributed by atoms with E-state index in [0.29, 0.717) is 12.2 Å². The predicted octanol–water partition coefficient (Wildman–Crippen LogP) is 3.30. The maximum Gasteiger partial charge on any atom is 0.165 e. The van der Waals surface area contributed by atoms with Gasteiger partial charge in [-0.05, 0) is 25.1 Å². The third-order valence-corrected chi connectivity index (χ3v) is 2.83. The fourth-order valence-corrected chi connectivity index (χ4v) is 1.86. The van der Waals surface area contributed by atoms with Gasteiger partial charge in [0, 0.05) is 11.6 Å². The van der Waals surface area contributed by atoms with Gasteiger partial charge in [-0.3, -0.25) is 0 Å². The number of halogens is 1. The first-order valence-corrected chi connectivity index (χ1v) is 6.53. The molecule has 2 aromatic carbocycles. The maximum absolute atomic E-state index is 13.7. The van der Waals surface area contributed by atoms with E-state index in [1.54, 1.807) is 19.1 Å². The van der Waals surface area contributed by atoms with Crippen LogP contribution in [0, 0.1) is 5.82 Å². The minimum absolute atomic E-state index is 0.208. The van der Waals surface area contributed by atoms with Crippen LogP contribution in [0.3, 0.4) is 0 Å². The summed E-state index contributed by atoms with van der Waals surface area (Å²) in [5, 5.41) is 0. The van der Waals surface area contributed by atoms with E-state index in [4.69, 9.17) is 15.2 Å². The zero-order valence-corrected chi connectivity index (χ0v) is 11.4. The van der Waals surface area contributed by atoms with Crippen molar-refractivity contribution in [2.24, 2.45) is 5.73 Å². The van der Waals surface area contributed by atoms with E-state index in [2.05, 4.69) is 0 Å². The van der Waals surface area contributed by atoms with Gasteiger partial charge < -0.3 is 15.2 Å². The molecule has 0 aromatic heterocycles. The van der Waals surface area contributed by atoms with Crippen molar-refractivity contribution < 1.29 is 13.9 Å². The standard InChI is InChI=1S/C16H18FNO2/c1-12(18)14-8-5-9-15(17)16(14)20-11-10-19-13-6-3-2-4-7-13/h2-9,12H,10-11,18H2,1H3/t12-/m0/s1. The molecular formula is C16H18FNO2. The molecule has 0 aliphatic heterocycles. The second-order valence-electron chi connectivity index (χ2n) is 4.46. The summed E-state index contributed by atoms with van der Waals surface area (Å²) in [5.41, 5.74) is 6.46. The van der Waals surface area contributed by atoms with Crippen molar-refractivity contribution in [2.45, 2.75) is 13.0 Å². The summed E-state index contributed by atoms with van der Waals surface area (Å²) >= 11 is 0. The molecule has 0 spiro atoms. The van der Waals surface area contributed by atoms with Crippen LogP contribution in [0.5, 0.6) is 11.5 Å². The second-order valence-corrected chi connectivity index (χ2v) is 4.46. The largest absolute Gasteiger partial charge is 0.490 e. The normalized spacial score (nSPS) is 11.9. The molecule has 0 aliphatic carbocycles. The first-order valence-electron chi connectivity index (χ1n) is 6.53. The minimum atomic E-state index is -0.403. The zero-order valence-electron chi connectivity index (χ0n) is 11.4. The van der Waals surface area contributed by atoms with Gasteiger partial charge >= 0.3 is 0 Å². The predicted molar refractivity (Wildman–Crippen MR) is 76.4 cm³/mol. The number of rotatable bonds is 6. The Morgan fingerprint density at radius 1 is 1.00 bits per heavy atom. The summed E-state index contributed by atoms with van der Waals surface area (Å²) in [6.07, 6.45) is 0. The number of hydrogen-bond donors (Lipinski definition) is 1. The molecule has 4 heteroatoms. The van der Waals surface area contributed by atoms with Crippen molar-refractivity contribution in [3.05, 3.63) is 59.9 Å². The Bertz CT molecular complexity index is 543. The molecule has 0 radical (unpaired) electrons. The van der Waals surface area contributed by atoms with E-state index < -0.39 is 5.82 Å². The fourth-order valence-electron chi connectivity index (χ4n) is 1.86. The van der Waals surface area contributed by atoms with Crippen molar-refractivity contribution in [1.29, 1.82) is 0 Å². The lowest BCUT2D eigenvalue weighted by Gasteiger charge is -2.15. The number of ether oxygens (including phenoxy) is 2. The fraction of sp³-hybridized carbons (Fsp3) is 0.250. The molecule has 0 saturated carbocycles. The highest BCUT2D eigenvalue weighted by molar-refractivity contribution is 5.36. The van der Waals surface area contributed by atoms with Crippen molar-refractivity contribution in [3.8, 4) is 11.5 Å². The van der Waals surface area contributed by atoms with Crippen molar-refractivity contribution in [2.75, 3.05) is 13.2 Å². The molecule has 0 saturated heterocycles.